The van der Waals surface area contributed by atoms with Crippen molar-refractivity contribution in [1.29, 1.82) is 0 Å². The summed E-state index contributed by atoms with van der Waals surface area (Å²) < 4.78 is 18.6. The van der Waals surface area contributed by atoms with Crippen molar-refractivity contribution in [3.63, 3.8) is 0 Å². The normalized spacial score (nSPS) is 12.6. The van der Waals surface area contributed by atoms with Crippen LogP contribution in [0.5, 0.6) is 0 Å². The first kappa shape index (κ1) is 14.1. The fourth-order valence-electron chi connectivity index (χ4n) is 1.84. The highest BCUT2D eigenvalue weighted by Gasteiger charge is 2.11. The van der Waals surface area contributed by atoms with Crippen molar-refractivity contribution in [3.8, 4) is 0 Å². The number of hydrogen-bond acceptors (Lipinski definition) is 2. The number of nitrogens with one attached hydrogen (secondary N) is 1. The molecule has 17 heavy (non-hydrogen) atoms. The van der Waals surface area contributed by atoms with Crippen molar-refractivity contribution in [3.05, 3.63) is 35.6 Å². The van der Waals surface area contributed by atoms with Gasteiger partial charge in [0, 0.05) is 19.8 Å². The van der Waals surface area contributed by atoms with E-state index >= 15 is 0 Å². The molecule has 0 aliphatic carbocycles. The molecule has 1 aromatic carbocycles. The van der Waals surface area contributed by atoms with E-state index in [2.05, 4.69) is 12.2 Å². The summed E-state index contributed by atoms with van der Waals surface area (Å²) >= 11 is 0. The van der Waals surface area contributed by atoms with E-state index in [0.29, 0.717) is 5.92 Å². The van der Waals surface area contributed by atoms with E-state index in [9.17, 15) is 4.39 Å². The van der Waals surface area contributed by atoms with Crippen LogP contribution in [0.25, 0.3) is 0 Å². The van der Waals surface area contributed by atoms with Crippen molar-refractivity contribution >= 4 is 0 Å². The minimum Gasteiger partial charge on any atom is -0.382 e. The molecule has 0 aliphatic rings. The number of benzene rings is 1. The molecule has 0 fully saturated rings. The number of rotatable bonds is 8. The topological polar surface area (TPSA) is 21.3 Å². The molecule has 1 atom stereocenters. The van der Waals surface area contributed by atoms with Crippen LogP contribution >= 0.6 is 0 Å². The Morgan fingerprint density at radius 2 is 2.18 bits per heavy atom. The standard InChI is InChI=1S/C14H22FNO/c1-3-16-11-13(8-9-17-4-2)12-6-5-7-14(15)10-12/h5-7,10,13,16H,3-4,8-9,11H2,1-2H3. The summed E-state index contributed by atoms with van der Waals surface area (Å²) in [7, 11) is 0. The van der Waals surface area contributed by atoms with Gasteiger partial charge in [-0.05, 0) is 43.5 Å². The maximum atomic E-state index is 13.2. The van der Waals surface area contributed by atoms with Gasteiger partial charge in [0.2, 0.25) is 0 Å². The third kappa shape index (κ3) is 5.29. The molecule has 0 radical (unpaired) electrons. The van der Waals surface area contributed by atoms with Crippen LogP contribution in [0.3, 0.4) is 0 Å². The van der Waals surface area contributed by atoms with Gasteiger partial charge in [-0.25, -0.2) is 4.39 Å². The molecule has 2 nitrogen and oxygen atoms in total. The highest BCUT2D eigenvalue weighted by molar-refractivity contribution is 5.21. The summed E-state index contributed by atoms with van der Waals surface area (Å²) in [5.41, 5.74) is 1.05. The molecule has 0 saturated heterocycles. The third-order valence-electron chi connectivity index (χ3n) is 2.78. The first-order valence-corrected chi connectivity index (χ1v) is 6.31. The molecule has 1 unspecified atom stereocenters. The van der Waals surface area contributed by atoms with E-state index in [1.54, 1.807) is 12.1 Å². The second kappa shape index (κ2) is 8.20. The van der Waals surface area contributed by atoms with Gasteiger partial charge in [-0.2, -0.15) is 0 Å². The molecule has 96 valence electrons. The molecule has 3 heteroatoms. The van der Waals surface area contributed by atoms with Crippen LogP contribution in [-0.4, -0.2) is 26.3 Å². The largest absolute Gasteiger partial charge is 0.382 e. The monoisotopic (exact) mass is 239 g/mol. The van der Waals surface area contributed by atoms with E-state index in [1.165, 1.54) is 6.07 Å². The first-order chi connectivity index (χ1) is 8.27. The van der Waals surface area contributed by atoms with Crippen LogP contribution in [0.4, 0.5) is 4.39 Å². The number of likely N-dealkylation sites (N-methyl/N-ethyl adjacent to an activating group) is 1. The van der Waals surface area contributed by atoms with E-state index in [1.807, 2.05) is 13.0 Å². The quantitative estimate of drug-likeness (QED) is 0.704. The highest BCUT2D eigenvalue weighted by atomic mass is 19.1. The van der Waals surface area contributed by atoms with E-state index < -0.39 is 0 Å². The predicted octanol–water partition coefficient (Wildman–Crippen LogP) is 2.95. The van der Waals surface area contributed by atoms with Crippen LogP contribution in [0.1, 0.15) is 31.7 Å². The molecule has 1 N–H and O–H groups in total. The second-order valence-electron chi connectivity index (χ2n) is 4.05. The molecule has 0 aromatic heterocycles. The van der Waals surface area contributed by atoms with Gasteiger partial charge in [-0.3, -0.25) is 0 Å². The minimum absolute atomic E-state index is 0.166. The van der Waals surface area contributed by atoms with Gasteiger partial charge in [-0.1, -0.05) is 19.1 Å². The van der Waals surface area contributed by atoms with Gasteiger partial charge in [0.15, 0.2) is 0 Å². The Morgan fingerprint density at radius 1 is 1.35 bits per heavy atom. The van der Waals surface area contributed by atoms with Crippen LogP contribution in [0.2, 0.25) is 0 Å². The van der Waals surface area contributed by atoms with Gasteiger partial charge in [0.1, 0.15) is 5.82 Å². The maximum absolute atomic E-state index is 13.2. The van der Waals surface area contributed by atoms with Gasteiger partial charge >= 0.3 is 0 Å². The van der Waals surface area contributed by atoms with Gasteiger partial charge in [-0.15, -0.1) is 0 Å². The summed E-state index contributed by atoms with van der Waals surface area (Å²) in [5, 5.41) is 3.32. The maximum Gasteiger partial charge on any atom is 0.123 e. The van der Waals surface area contributed by atoms with Crippen LogP contribution < -0.4 is 5.32 Å². The second-order valence-corrected chi connectivity index (χ2v) is 4.05. The Labute approximate surface area is 103 Å². The lowest BCUT2D eigenvalue weighted by molar-refractivity contribution is 0.139. The lowest BCUT2D eigenvalue weighted by Crippen LogP contribution is -2.22. The molecule has 0 amide bonds. The minimum atomic E-state index is -0.166. The number of halogens is 1. The highest BCUT2D eigenvalue weighted by Crippen LogP contribution is 2.19. The van der Waals surface area contributed by atoms with Crippen molar-refractivity contribution < 1.29 is 9.13 Å². The van der Waals surface area contributed by atoms with E-state index in [-0.39, 0.29) is 5.82 Å². The smallest absolute Gasteiger partial charge is 0.123 e. The molecule has 0 aliphatic heterocycles. The Balaban J connectivity index is 2.60. The molecule has 0 saturated carbocycles. The van der Waals surface area contributed by atoms with Crippen LogP contribution in [0.15, 0.2) is 24.3 Å². The molecule has 0 spiro atoms. The van der Waals surface area contributed by atoms with Gasteiger partial charge in [0.25, 0.3) is 0 Å². The fourth-order valence-corrected chi connectivity index (χ4v) is 1.84. The Morgan fingerprint density at radius 3 is 2.82 bits per heavy atom. The average molecular weight is 239 g/mol. The van der Waals surface area contributed by atoms with Crippen molar-refractivity contribution in [1.82, 2.24) is 5.32 Å². The van der Waals surface area contributed by atoms with Gasteiger partial charge in [0.05, 0.1) is 0 Å². The van der Waals surface area contributed by atoms with Gasteiger partial charge < -0.3 is 10.1 Å². The summed E-state index contributed by atoms with van der Waals surface area (Å²) in [6.45, 7) is 7.32. The summed E-state index contributed by atoms with van der Waals surface area (Å²) in [4.78, 5) is 0. The molecule has 0 bridgehead atoms. The molecular formula is C14H22FNO. The zero-order chi connectivity index (χ0) is 12.5. The zero-order valence-electron chi connectivity index (χ0n) is 10.7. The first-order valence-electron chi connectivity index (χ1n) is 6.31. The SMILES string of the molecule is CCNCC(CCOCC)c1cccc(F)c1. The van der Waals surface area contributed by atoms with Crippen molar-refractivity contribution in [2.45, 2.75) is 26.2 Å². The van der Waals surface area contributed by atoms with Crippen LogP contribution in [0, 0.1) is 5.82 Å². The van der Waals surface area contributed by atoms with Crippen molar-refractivity contribution in [2.75, 3.05) is 26.3 Å². The van der Waals surface area contributed by atoms with Crippen molar-refractivity contribution in [2.24, 2.45) is 0 Å². The number of hydrogen-bond donors (Lipinski definition) is 1. The molecule has 0 heterocycles. The third-order valence-corrected chi connectivity index (χ3v) is 2.78. The van der Waals surface area contributed by atoms with E-state index in [4.69, 9.17) is 4.74 Å². The zero-order valence-corrected chi connectivity index (χ0v) is 10.7. The lowest BCUT2D eigenvalue weighted by atomic mass is 9.96. The Hall–Kier alpha value is -0.930. The Bertz CT molecular complexity index is 317. The summed E-state index contributed by atoms with van der Waals surface area (Å²) in [6.07, 6.45) is 0.921. The molecular weight excluding hydrogens is 217 g/mol. The summed E-state index contributed by atoms with van der Waals surface area (Å²) in [6, 6.07) is 6.85. The summed E-state index contributed by atoms with van der Waals surface area (Å²) in [5.74, 6) is 0.151. The Kier molecular flexibility index (Phi) is 6.82. The average Bonchev–Trinajstić information content (AvgIpc) is 2.33. The van der Waals surface area contributed by atoms with Crippen LogP contribution in [-0.2, 0) is 4.74 Å². The lowest BCUT2D eigenvalue weighted by Gasteiger charge is -2.17. The predicted molar refractivity (Wildman–Crippen MR) is 68.8 cm³/mol. The van der Waals surface area contributed by atoms with E-state index in [0.717, 1.165) is 38.3 Å². The fraction of sp³-hybridized carbons (Fsp3) is 0.571. The number of ether oxygens (including phenoxy) is 1. The molecule has 1 aromatic rings. The molecule has 1 rings (SSSR count).